The van der Waals surface area contributed by atoms with Gasteiger partial charge in [-0.25, -0.2) is 4.98 Å². The van der Waals surface area contributed by atoms with Gasteiger partial charge in [0.25, 0.3) is 5.56 Å². The highest BCUT2D eigenvalue weighted by atomic mass is 32.1. The van der Waals surface area contributed by atoms with Crippen LogP contribution >= 0.6 is 11.3 Å². The number of carbonyl (C=O) groups is 1. The van der Waals surface area contributed by atoms with Crippen LogP contribution < -0.4 is 10.9 Å². The highest BCUT2D eigenvalue weighted by Crippen LogP contribution is 2.22. The van der Waals surface area contributed by atoms with Crippen LogP contribution in [-0.2, 0) is 18.3 Å². The first-order valence-electron chi connectivity index (χ1n) is 8.62. The summed E-state index contributed by atoms with van der Waals surface area (Å²) in [6.45, 7) is 7.69. The molecule has 3 aromatic rings. The number of aromatic nitrogens is 4. The molecule has 0 radical (unpaired) electrons. The number of aryl methyl sites for hydroxylation is 3. The number of hydrogen-bond donors (Lipinski definition) is 1. The van der Waals surface area contributed by atoms with Gasteiger partial charge in [0.15, 0.2) is 4.96 Å². The molecule has 3 heterocycles. The number of thiazole rings is 1. The van der Waals surface area contributed by atoms with E-state index in [9.17, 15) is 9.59 Å². The van der Waals surface area contributed by atoms with Gasteiger partial charge in [-0.15, -0.1) is 11.3 Å². The van der Waals surface area contributed by atoms with Gasteiger partial charge >= 0.3 is 0 Å². The van der Waals surface area contributed by atoms with Gasteiger partial charge in [0.1, 0.15) is 0 Å². The standard InChI is InChI=1S/C18H23N5O2S/c1-6-10(2)19-15(24)8-13-9-26-18-20-12(4)16(17(25)23(13)18)14-7-11(3)21-22(14)5/h7,9-10H,6,8H2,1-5H3,(H,19,24)/t10-/m0/s1. The Morgan fingerprint density at radius 2 is 2.12 bits per heavy atom. The average molecular weight is 373 g/mol. The van der Waals surface area contributed by atoms with Crippen molar-refractivity contribution in [1.29, 1.82) is 0 Å². The number of hydrogen-bond acceptors (Lipinski definition) is 5. The molecule has 0 unspecified atom stereocenters. The van der Waals surface area contributed by atoms with E-state index in [1.165, 1.54) is 11.3 Å². The van der Waals surface area contributed by atoms with Crippen molar-refractivity contribution in [3.63, 3.8) is 0 Å². The molecule has 0 saturated heterocycles. The van der Waals surface area contributed by atoms with E-state index in [2.05, 4.69) is 15.4 Å². The molecule has 3 rings (SSSR count). The van der Waals surface area contributed by atoms with E-state index in [1.807, 2.05) is 46.2 Å². The van der Waals surface area contributed by atoms with Crippen LogP contribution in [0.2, 0.25) is 0 Å². The molecule has 3 aromatic heterocycles. The van der Waals surface area contributed by atoms with Crippen LogP contribution in [0.5, 0.6) is 0 Å². The molecule has 0 aliphatic carbocycles. The van der Waals surface area contributed by atoms with Crippen molar-refractivity contribution in [3.8, 4) is 11.3 Å². The van der Waals surface area contributed by atoms with E-state index in [0.29, 0.717) is 21.9 Å². The number of amides is 1. The SMILES string of the molecule is CC[C@H](C)NC(=O)Cc1csc2nc(C)c(-c3cc(C)nn3C)c(=O)n12. The summed E-state index contributed by atoms with van der Waals surface area (Å²) in [4.78, 5) is 30.6. The quantitative estimate of drug-likeness (QED) is 0.744. The maximum Gasteiger partial charge on any atom is 0.268 e. The molecule has 8 heteroatoms. The zero-order chi connectivity index (χ0) is 19.0. The fourth-order valence-corrected chi connectivity index (χ4v) is 3.89. The van der Waals surface area contributed by atoms with Crippen molar-refractivity contribution in [3.05, 3.63) is 38.9 Å². The fraction of sp³-hybridized carbons (Fsp3) is 0.444. The molecule has 0 bridgehead atoms. The number of rotatable bonds is 5. The largest absolute Gasteiger partial charge is 0.353 e. The summed E-state index contributed by atoms with van der Waals surface area (Å²) in [6, 6.07) is 1.98. The molecule has 7 nitrogen and oxygen atoms in total. The summed E-state index contributed by atoms with van der Waals surface area (Å²) in [5.41, 5.74) is 3.24. The molecule has 1 N–H and O–H groups in total. The Morgan fingerprint density at radius 3 is 2.73 bits per heavy atom. The maximum absolute atomic E-state index is 13.2. The Kier molecular flexibility index (Phi) is 4.95. The van der Waals surface area contributed by atoms with Gasteiger partial charge in [0.2, 0.25) is 5.91 Å². The van der Waals surface area contributed by atoms with Gasteiger partial charge in [0, 0.05) is 24.2 Å². The van der Waals surface area contributed by atoms with Crippen molar-refractivity contribution < 1.29 is 4.79 Å². The van der Waals surface area contributed by atoms with Crippen LogP contribution in [0.25, 0.3) is 16.2 Å². The lowest BCUT2D eigenvalue weighted by atomic mass is 10.1. The summed E-state index contributed by atoms with van der Waals surface area (Å²) >= 11 is 1.37. The molecule has 26 heavy (non-hydrogen) atoms. The minimum Gasteiger partial charge on any atom is -0.353 e. The maximum atomic E-state index is 13.2. The minimum absolute atomic E-state index is 0.0931. The molecule has 0 aliphatic heterocycles. The smallest absolute Gasteiger partial charge is 0.268 e. The molecular formula is C18H23N5O2S. The van der Waals surface area contributed by atoms with Gasteiger partial charge in [-0.2, -0.15) is 5.10 Å². The van der Waals surface area contributed by atoms with Crippen LogP contribution in [0, 0.1) is 13.8 Å². The lowest BCUT2D eigenvalue weighted by molar-refractivity contribution is -0.121. The molecule has 0 aliphatic rings. The molecule has 1 amide bonds. The van der Waals surface area contributed by atoms with Crippen molar-refractivity contribution >= 4 is 22.2 Å². The van der Waals surface area contributed by atoms with Crippen molar-refractivity contribution in [1.82, 2.24) is 24.5 Å². The third kappa shape index (κ3) is 3.29. The Morgan fingerprint density at radius 1 is 1.38 bits per heavy atom. The number of fused-ring (bicyclic) bond motifs is 1. The topological polar surface area (TPSA) is 81.3 Å². The highest BCUT2D eigenvalue weighted by Gasteiger charge is 2.19. The number of nitrogens with zero attached hydrogens (tertiary/aromatic N) is 4. The summed E-state index contributed by atoms with van der Waals surface area (Å²) in [5, 5.41) is 9.10. The summed E-state index contributed by atoms with van der Waals surface area (Å²) < 4.78 is 3.24. The van der Waals surface area contributed by atoms with Gasteiger partial charge in [-0.3, -0.25) is 18.7 Å². The van der Waals surface area contributed by atoms with Crippen molar-refractivity contribution in [2.45, 2.75) is 46.6 Å². The fourth-order valence-electron chi connectivity index (χ4n) is 2.96. The summed E-state index contributed by atoms with van der Waals surface area (Å²) in [5.74, 6) is -0.0931. The molecule has 0 aromatic carbocycles. The van der Waals surface area contributed by atoms with Crippen LogP contribution in [0.15, 0.2) is 16.2 Å². The van der Waals surface area contributed by atoms with Crippen molar-refractivity contribution in [2.24, 2.45) is 7.05 Å². The van der Waals surface area contributed by atoms with E-state index < -0.39 is 0 Å². The highest BCUT2D eigenvalue weighted by molar-refractivity contribution is 7.15. The predicted octanol–water partition coefficient (Wildman–Crippen LogP) is 2.23. The first-order chi connectivity index (χ1) is 12.3. The number of nitrogens with one attached hydrogen (secondary N) is 1. The molecule has 1 atom stereocenters. The van der Waals surface area contributed by atoms with E-state index in [1.54, 1.807) is 9.08 Å². The zero-order valence-corrected chi connectivity index (χ0v) is 16.5. The molecular weight excluding hydrogens is 350 g/mol. The Hall–Kier alpha value is -2.48. The monoisotopic (exact) mass is 373 g/mol. The molecule has 0 spiro atoms. The Bertz CT molecular complexity index is 1030. The van der Waals surface area contributed by atoms with Crippen molar-refractivity contribution in [2.75, 3.05) is 0 Å². The normalized spacial score (nSPS) is 12.5. The third-order valence-electron chi connectivity index (χ3n) is 4.44. The van der Waals surface area contributed by atoms with Gasteiger partial charge in [-0.05, 0) is 33.3 Å². The average Bonchev–Trinajstić information content (AvgIpc) is 3.10. The molecule has 138 valence electrons. The first-order valence-corrected chi connectivity index (χ1v) is 9.49. The summed E-state index contributed by atoms with van der Waals surface area (Å²) in [6.07, 6.45) is 1.01. The molecule has 0 fully saturated rings. The second kappa shape index (κ2) is 7.03. The lowest BCUT2D eigenvalue weighted by Crippen LogP contribution is -2.34. The Labute approximate surface area is 155 Å². The lowest BCUT2D eigenvalue weighted by Gasteiger charge is -2.11. The minimum atomic E-state index is -0.164. The predicted molar refractivity (Wildman–Crippen MR) is 103 cm³/mol. The van der Waals surface area contributed by atoms with Crippen LogP contribution in [-0.4, -0.2) is 31.1 Å². The van der Waals surface area contributed by atoms with E-state index in [4.69, 9.17) is 0 Å². The Balaban J connectivity index is 2.09. The van der Waals surface area contributed by atoms with E-state index in [-0.39, 0.29) is 23.9 Å². The molecule has 0 saturated carbocycles. The van der Waals surface area contributed by atoms with Gasteiger partial charge < -0.3 is 5.32 Å². The third-order valence-corrected chi connectivity index (χ3v) is 5.32. The zero-order valence-electron chi connectivity index (χ0n) is 15.7. The second-order valence-electron chi connectivity index (χ2n) is 6.57. The summed E-state index contributed by atoms with van der Waals surface area (Å²) in [7, 11) is 1.81. The van der Waals surface area contributed by atoms with E-state index >= 15 is 0 Å². The van der Waals surface area contributed by atoms with Crippen LogP contribution in [0.4, 0.5) is 0 Å². The van der Waals surface area contributed by atoms with Crippen LogP contribution in [0.3, 0.4) is 0 Å². The van der Waals surface area contributed by atoms with E-state index in [0.717, 1.165) is 17.8 Å². The second-order valence-corrected chi connectivity index (χ2v) is 7.41. The van der Waals surface area contributed by atoms with Gasteiger partial charge in [-0.1, -0.05) is 6.92 Å². The van der Waals surface area contributed by atoms with Crippen LogP contribution in [0.1, 0.15) is 37.4 Å². The number of carbonyl (C=O) groups excluding carboxylic acids is 1. The first kappa shape index (κ1) is 18.3. The van der Waals surface area contributed by atoms with Gasteiger partial charge in [0.05, 0.1) is 29.1 Å².